The van der Waals surface area contributed by atoms with Crippen molar-refractivity contribution in [3.63, 3.8) is 0 Å². The molecule has 0 aliphatic rings. The van der Waals surface area contributed by atoms with Gasteiger partial charge in [-0.1, -0.05) is 12.1 Å². The zero-order chi connectivity index (χ0) is 19.2. The van der Waals surface area contributed by atoms with E-state index in [9.17, 15) is 14.7 Å². The molecule has 0 saturated heterocycles. The summed E-state index contributed by atoms with van der Waals surface area (Å²) in [5, 5.41) is 15.1. The van der Waals surface area contributed by atoms with Gasteiger partial charge in [-0.25, -0.2) is 9.78 Å². The topological polar surface area (TPSA) is 101 Å². The minimum Gasteiger partial charge on any atom is -0.505 e. The minimum atomic E-state index is -0.536. The first-order valence-corrected chi connectivity index (χ1v) is 8.26. The molecular formula is C19H23N3O4. The molecule has 0 fully saturated rings. The number of amides is 2. The molecule has 0 radical (unpaired) electrons. The van der Waals surface area contributed by atoms with Crippen LogP contribution in [0.3, 0.4) is 0 Å². The Hall–Kier alpha value is -3.09. The van der Waals surface area contributed by atoms with Crippen LogP contribution in [-0.4, -0.2) is 34.2 Å². The van der Waals surface area contributed by atoms with Gasteiger partial charge in [0.05, 0.1) is 0 Å². The summed E-state index contributed by atoms with van der Waals surface area (Å²) in [4.78, 5) is 27.7. The number of rotatable bonds is 5. The second-order valence-corrected chi connectivity index (χ2v) is 6.70. The summed E-state index contributed by atoms with van der Waals surface area (Å²) < 4.78 is 5.17. The highest BCUT2D eigenvalue weighted by Crippen LogP contribution is 2.16. The van der Waals surface area contributed by atoms with Gasteiger partial charge in [-0.2, -0.15) is 0 Å². The lowest BCUT2D eigenvalue weighted by atomic mass is 10.1. The Bertz CT molecular complexity index is 784. The highest BCUT2D eigenvalue weighted by atomic mass is 16.6. The largest absolute Gasteiger partial charge is 0.505 e. The summed E-state index contributed by atoms with van der Waals surface area (Å²) in [5.74, 6) is -0.671. The van der Waals surface area contributed by atoms with Gasteiger partial charge in [0.1, 0.15) is 11.4 Å². The van der Waals surface area contributed by atoms with E-state index in [1.165, 1.54) is 12.3 Å². The molecule has 7 heteroatoms. The van der Waals surface area contributed by atoms with Crippen molar-refractivity contribution in [3.05, 3.63) is 53.9 Å². The van der Waals surface area contributed by atoms with Gasteiger partial charge in [0.15, 0.2) is 5.69 Å². The Kier molecular flexibility index (Phi) is 6.16. The van der Waals surface area contributed by atoms with Crippen LogP contribution in [0.2, 0.25) is 0 Å². The molecular weight excluding hydrogens is 334 g/mol. The molecule has 1 heterocycles. The molecule has 0 aliphatic heterocycles. The SMILES string of the molecule is CC(C)(C)OC(=O)NCCc1cccc(NC(=O)c2ncccc2O)c1. The molecule has 1 aromatic carbocycles. The number of hydrogen-bond donors (Lipinski definition) is 3. The molecule has 138 valence electrons. The molecule has 0 aliphatic carbocycles. The molecule has 26 heavy (non-hydrogen) atoms. The molecule has 1 aromatic heterocycles. The van der Waals surface area contributed by atoms with Gasteiger partial charge in [-0.3, -0.25) is 4.79 Å². The zero-order valence-electron chi connectivity index (χ0n) is 15.1. The number of ether oxygens (including phenoxy) is 1. The van der Waals surface area contributed by atoms with Gasteiger partial charge in [-0.05, 0) is 57.0 Å². The Morgan fingerprint density at radius 1 is 1.19 bits per heavy atom. The van der Waals surface area contributed by atoms with Gasteiger partial charge < -0.3 is 20.5 Å². The van der Waals surface area contributed by atoms with Crippen LogP contribution in [0.1, 0.15) is 36.8 Å². The number of benzene rings is 1. The van der Waals surface area contributed by atoms with Crippen LogP contribution in [0, 0.1) is 0 Å². The summed E-state index contributed by atoms with van der Waals surface area (Å²) in [6, 6.07) is 10.2. The number of alkyl carbamates (subject to hydrolysis) is 1. The number of anilines is 1. The maximum Gasteiger partial charge on any atom is 0.407 e. The third-order valence-electron chi connectivity index (χ3n) is 3.27. The fraction of sp³-hybridized carbons (Fsp3) is 0.316. The highest BCUT2D eigenvalue weighted by Gasteiger charge is 2.15. The smallest absolute Gasteiger partial charge is 0.407 e. The predicted octanol–water partition coefficient (Wildman–Crippen LogP) is 3.11. The van der Waals surface area contributed by atoms with Crippen LogP contribution in [0.5, 0.6) is 5.75 Å². The van der Waals surface area contributed by atoms with Crippen molar-refractivity contribution >= 4 is 17.7 Å². The van der Waals surface area contributed by atoms with Crippen molar-refractivity contribution in [3.8, 4) is 5.75 Å². The molecule has 2 amide bonds. The van der Waals surface area contributed by atoms with E-state index in [-0.39, 0.29) is 11.4 Å². The number of pyridine rings is 1. The van der Waals surface area contributed by atoms with Crippen LogP contribution in [0.15, 0.2) is 42.6 Å². The van der Waals surface area contributed by atoms with Gasteiger partial charge in [0.25, 0.3) is 5.91 Å². The van der Waals surface area contributed by atoms with Gasteiger partial charge in [0, 0.05) is 18.4 Å². The lowest BCUT2D eigenvalue weighted by Gasteiger charge is -2.19. The lowest BCUT2D eigenvalue weighted by Crippen LogP contribution is -2.33. The number of carbonyl (C=O) groups excluding carboxylic acids is 2. The molecule has 0 atom stereocenters. The first-order chi connectivity index (χ1) is 12.2. The molecule has 0 spiro atoms. The molecule has 3 N–H and O–H groups in total. The van der Waals surface area contributed by atoms with E-state index in [2.05, 4.69) is 15.6 Å². The van der Waals surface area contributed by atoms with Gasteiger partial charge >= 0.3 is 6.09 Å². The van der Waals surface area contributed by atoms with E-state index in [1.807, 2.05) is 6.07 Å². The van der Waals surface area contributed by atoms with Crippen molar-refractivity contribution in [2.75, 3.05) is 11.9 Å². The maximum atomic E-state index is 12.2. The van der Waals surface area contributed by atoms with E-state index in [0.29, 0.717) is 18.7 Å². The van der Waals surface area contributed by atoms with Crippen LogP contribution in [-0.2, 0) is 11.2 Å². The average molecular weight is 357 g/mol. The molecule has 7 nitrogen and oxygen atoms in total. The van der Waals surface area contributed by atoms with Gasteiger partial charge in [-0.15, -0.1) is 0 Å². The maximum absolute atomic E-state index is 12.2. The predicted molar refractivity (Wildman–Crippen MR) is 98.2 cm³/mol. The fourth-order valence-corrected chi connectivity index (χ4v) is 2.19. The van der Waals surface area contributed by atoms with Crippen molar-refractivity contribution in [2.45, 2.75) is 32.8 Å². The van der Waals surface area contributed by atoms with Crippen LogP contribution in [0.25, 0.3) is 0 Å². The Balaban J connectivity index is 1.91. The first kappa shape index (κ1) is 19.2. The van der Waals surface area contributed by atoms with E-state index < -0.39 is 17.6 Å². The summed E-state index contributed by atoms with van der Waals surface area (Å²) in [6.45, 7) is 5.82. The minimum absolute atomic E-state index is 0.0375. The normalized spacial score (nSPS) is 10.9. The second-order valence-electron chi connectivity index (χ2n) is 6.70. The van der Waals surface area contributed by atoms with Crippen molar-refractivity contribution in [1.82, 2.24) is 10.3 Å². The number of aromatic hydroxyl groups is 1. The Morgan fingerprint density at radius 3 is 2.65 bits per heavy atom. The fourth-order valence-electron chi connectivity index (χ4n) is 2.19. The number of nitrogens with zero attached hydrogens (tertiary/aromatic N) is 1. The van der Waals surface area contributed by atoms with Crippen molar-refractivity contribution < 1.29 is 19.4 Å². The number of nitrogens with one attached hydrogen (secondary N) is 2. The van der Waals surface area contributed by atoms with Crippen LogP contribution in [0.4, 0.5) is 10.5 Å². The molecule has 0 unspecified atom stereocenters. The third kappa shape index (κ3) is 6.08. The van der Waals surface area contributed by atoms with Crippen LogP contribution < -0.4 is 10.6 Å². The second kappa shape index (κ2) is 8.33. The summed E-state index contributed by atoms with van der Waals surface area (Å²) >= 11 is 0. The monoisotopic (exact) mass is 357 g/mol. The van der Waals surface area contributed by atoms with E-state index in [0.717, 1.165) is 5.56 Å². The Morgan fingerprint density at radius 2 is 1.96 bits per heavy atom. The Labute approximate surface area is 152 Å². The first-order valence-electron chi connectivity index (χ1n) is 8.26. The summed E-state index contributed by atoms with van der Waals surface area (Å²) in [7, 11) is 0. The summed E-state index contributed by atoms with van der Waals surface area (Å²) in [6.07, 6.45) is 1.55. The molecule has 0 saturated carbocycles. The number of aromatic nitrogens is 1. The van der Waals surface area contributed by atoms with E-state index in [4.69, 9.17) is 4.74 Å². The van der Waals surface area contributed by atoms with Gasteiger partial charge in [0.2, 0.25) is 0 Å². The zero-order valence-corrected chi connectivity index (χ0v) is 15.1. The number of carbonyl (C=O) groups is 2. The molecule has 0 bridgehead atoms. The van der Waals surface area contributed by atoms with Crippen LogP contribution >= 0.6 is 0 Å². The van der Waals surface area contributed by atoms with Crippen molar-refractivity contribution in [1.29, 1.82) is 0 Å². The average Bonchev–Trinajstić information content (AvgIpc) is 2.54. The third-order valence-corrected chi connectivity index (χ3v) is 3.27. The van der Waals surface area contributed by atoms with Crippen molar-refractivity contribution in [2.24, 2.45) is 0 Å². The van der Waals surface area contributed by atoms with E-state index >= 15 is 0 Å². The number of hydrogen-bond acceptors (Lipinski definition) is 5. The highest BCUT2D eigenvalue weighted by molar-refractivity contribution is 6.04. The standard InChI is InChI=1S/C19H23N3O4/c1-19(2,3)26-18(25)21-11-9-13-6-4-7-14(12-13)22-17(24)16-15(23)8-5-10-20-16/h4-8,10,12,23H,9,11H2,1-3H3,(H,21,25)(H,22,24). The molecule has 2 aromatic rings. The quantitative estimate of drug-likeness (QED) is 0.763. The lowest BCUT2D eigenvalue weighted by molar-refractivity contribution is 0.0528. The summed E-state index contributed by atoms with van der Waals surface area (Å²) in [5.41, 5.74) is 0.939. The van der Waals surface area contributed by atoms with E-state index in [1.54, 1.807) is 45.0 Å². The molecule has 2 rings (SSSR count).